The maximum Gasteiger partial charge on any atom is 0.246 e. The molecule has 0 saturated carbocycles. The van der Waals surface area contributed by atoms with E-state index < -0.39 is 0 Å². The summed E-state index contributed by atoms with van der Waals surface area (Å²) < 4.78 is 10.7. The lowest BCUT2D eigenvalue weighted by Gasteiger charge is -2.28. The molecule has 0 aliphatic carbocycles. The second-order valence-electron chi connectivity index (χ2n) is 7.15. The second-order valence-corrected chi connectivity index (χ2v) is 7.15. The molecule has 0 atom stereocenters. The van der Waals surface area contributed by atoms with Crippen molar-refractivity contribution in [3.05, 3.63) is 0 Å². The highest BCUT2D eigenvalue weighted by molar-refractivity contribution is 5.79. The number of ketones is 1. The van der Waals surface area contributed by atoms with Gasteiger partial charge in [-0.3, -0.25) is 9.59 Å². The van der Waals surface area contributed by atoms with Crippen LogP contribution in [-0.4, -0.2) is 44.7 Å². The highest BCUT2D eigenvalue weighted by Gasteiger charge is 2.22. The number of rotatable bonds is 11. The Bertz CT molecular complexity index is 337. The highest BCUT2D eigenvalue weighted by atomic mass is 16.5. The monoisotopic (exact) mass is 301 g/mol. The normalized spacial score (nSPS) is 12.3. The molecule has 0 aromatic heterocycles. The first kappa shape index (κ1) is 20.1. The number of amides is 1. The number of hydrogen-bond acceptors (Lipinski definition) is 4. The van der Waals surface area contributed by atoms with Crippen LogP contribution >= 0.6 is 0 Å². The van der Waals surface area contributed by atoms with E-state index in [2.05, 4.69) is 26.1 Å². The van der Waals surface area contributed by atoms with Gasteiger partial charge in [0.25, 0.3) is 0 Å². The van der Waals surface area contributed by atoms with E-state index >= 15 is 0 Å². The van der Waals surface area contributed by atoms with Crippen LogP contribution in [0.15, 0.2) is 0 Å². The SMILES string of the molecule is CCC(C)(C)COCC(C)(C)CNC(=O)COCC(C)=O. The molecule has 5 heteroatoms. The Morgan fingerprint density at radius 3 is 2.05 bits per heavy atom. The summed E-state index contributed by atoms with van der Waals surface area (Å²) in [7, 11) is 0. The lowest BCUT2D eigenvalue weighted by atomic mass is 9.91. The van der Waals surface area contributed by atoms with E-state index in [1.165, 1.54) is 6.92 Å². The van der Waals surface area contributed by atoms with Crippen LogP contribution in [0.1, 0.15) is 48.0 Å². The minimum absolute atomic E-state index is 0.0218. The fraction of sp³-hybridized carbons (Fsp3) is 0.875. The lowest BCUT2D eigenvalue weighted by Crippen LogP contribution is -2.39. The van der Waals surface area contributed by atoms with Gasteiger partial charge in [-0.05, 0) is 18.8 Å². The maximum absolute atomic E-state index is 11.6. The van der Waals surface area contributed by atoms with Gasteiger partial charge in [-0.15, -0.1) is 0 Å². The number of carbonyl (C=O) groups is 2. The van der Waals surface area contributed by atoms with Gasteiger partial charge in [-0.25, -0.2) is 0 Å². The molecule has 1 N–H and O–H groups in total. The zero-order chi connectivity index (χ0) is 16.5. The molecule has 0 heterocycles. The summed E-state index contributed by atoms with van der Waals surface area (Å²) in [4.78, 5) is 22.3. The summed E-state index contributed by atoms with van der Waals surface area (Å²) in [5.41, 5.74) is 0.0416. The molecule has 0 saturated heterocycles. The van der Waals surface area contributed by atoms with E-state index in [1.807, 2.05) is 13.8 Å². The van der Waals surface area contributed by atoms with Gasteiger partial charge in [-0.1, -0.05) is 34.6 Å². The van der Waals surface area contributed by atoms with Gasteiger partial charge >= 0.3 is 0 Å². The number of carbonyl (C=O) groups excluding carboxylic acids is 2. The third-order valence-electron chi connectivity index (χ3n) is 3.25. The first-order valence-corrected chi connectivity index (χ1v) is 7.49. The van der Waals surface area contributed by atoms with Gasteiger partial charge in [0.05, 0.1) is 13.2 Å². The Balaban J connectivity index is 3.90. The Kier molecular flexibility index (Phi) is 8.74. The molecule has 21 heavy (non-hydrogen) atoms. The summed E-state index contributed by atoms with van der Waals surface area (Å²) in [5.74, 6) is -0.298. The molecular formula is C16H31NO4. The molecule has 5 nitrogen and oxygen atoms in total. The van der Waals surface area contributed by atoms with Crippen molar-refractivity contribution in [3.63, 3.8) is 0 Å². The van der Waals surface area contributed by atoms with Crippen molar-refractivity contribution in [1.82, 2.24) is 5.32 Å². The Morgan fingerprint density at radius 2 is 1.52 bits per heavy atom. The van der Waals surface area contributed by atoms with Crippen LogP contribution in [0.5, 0.6) is 0 Å². The van der Waals surface area contributed by atoms with Crippen LogP contribution in [0.4, 0.5) is 0 Å². The van der Waals surface area contributed by atoms with E-state index in [0.717, 1.165) is 6.42 Å². The van der Waals surface area contributed by atoms with Crippen molar-refractivity contribution in [2.24, 2.45) is 10.8 Å². The van der Waals surface area contributed by atoms with Crippen molar-refractivity contribution in [2.75, 3.05) is 33.0 Å². The first-order valence-electron chi connectivity index (χ1n) is 7.49. The van der Waals surface area contributed by atoms with Crippen LogP contribution in [0, 0.1) is 10.8 Å². The topological polar surface area (TPSA) is 64.6 Å². The summed E-state index contributed by atoms with van der Waals surface area (Å²) in [5, 5.41) is 2.80. The molecule has 0 unspecified atom stereocenters. The number of nitrogens with one attached hydrogen (secondary N) is 1. The van der Waals surface area contributed by atoms with Gasteiger partial charge in [-0.2, -0.15) is 0 Å². The fourth-order valence-corrected chi connectivity index (χ4v) is 1.43. The predicted octanol–water partition coefficient (Wildman–Crippen LogP) is 2.19. The lowest BCUT2D eigenvalue weighted by molar-refractivity contribution is -0.129. The number of ether oxygens (including phenoxy) is 2. The van der Waals surface area contributed by atoms with E-state index in [0.29, 0.717) is 19.8 Å². The average molecular weight is 301 g/mol. The van der Waals surface area contributed by atoms with Crippen molar-refractivity contribution in [3.8, 4) is 0 Å². The largest absolute Gasteiger partial charge is 0.380 e. The second kappa shape index (κ2) is 9.15. The van der Waals surface area contributed by atoms with E-state index in [4.69, 9.17) is 9.47 Å². The molecule has 0 rings (SSSR count). The Morgan fingerprint density at radius 1 is 0.952 bits per heavy atom. The number of Topliss-reactive ketones (excluding diaryl/α,β-unsaturated/α-hetero) is 1. The van der Waals surface area contributed by atoms with Crippen molar-refractivity contribution in [2.45, 2.75) is 48.0 Å². The maximum atomic E-state index is 11.6. The van der Waals surface area contributed by atoms with Crippen LogP contribution in [0.3, 0.4) is 0 Å². The number of hydrogen-bond donors (Lipinski definition) is 1. The van der Waals surface area contributed by atoms with E-state index in [-0.39, 0.29) is 35.7 Å². The Hall–Kier alpha value is -0.940. The van der Waals surface area contributed by atoms with Gasteiger partial charge in [0.1, 0.15) is 13.2 Å². The molecule has 0 fully saturated rings. The van der Waals surface area contributed by atoms with E-state index in [9.17, 15) is 9.59 Å². The first-order chi connectivity index (χ1) is 9.58. The van der Waals surface area contributed by atoms with Gasteiger partial charge in [0, 0.05) is 12.0 Å². The smallest absolute Gasteiger partial charge is 0.246 e. The molecule has 0 aromatic carbocycles. The molecule has 0 aliphatic rings. The van der Waals surface area contributed by atoms with Gasteiger partial charge in [0.15, 0.2) is 5.78 Å². The zero-order valence-electron chi connectivity index (χ0n) is 14.4. The van der Waals surface area contributed by atoms with Crippen molar-refractivity contribution < 1.29 is 19.1 Å². The summed E-state index contributed by atoms with van der Waals surface area (Å²) >= 11 is 0. The predicted molar refractivity (Wildman–Crippen MR) is 83.2 cm³/mol. The molecule has 0 spiro atoms. The van der Waals surface area contributed by atoms with Crippen LogP contribution in [-0.2, 0) is 19.1 Å². The standard InChI is InChI=1S/C16H31NO4/c1-7-15(3,4)11-21-12-16(5,6)10-17-14(19)9-20-8-13(2)18/h7-12H2,1-6H3,(H,17,19). The quantitative estimate of drug-likeness (QED) is 0.635. The molecule has 0 aliphatic heterocycles. The highest BCUT2D eigenvalue weighted by Crippen LogP contribution is 2.22. The molecule has 0 bridgehead atoms. The molecule has 0 radical (unpaired) electrons. The Labute approximate surface area is 128 Å². The summed E-state index contributed by atoms with van der Waals surface area (Å²) in [6, 6.07) is 0. The summed E-state index contributed by atoms with van der Waals surface area (Å²) in [6.45, 7) is 13.7. The van der Waals surface area contributed by atoms with Gasteiger partial charge in [0.2, 0.25) is 5.91 Å². The third-order valence-corrected chi connectivity index (χ3v) is 3.25. The van der Waals surface area contributed by atoms with Crippen molar-refractivity contribution >= 4 is 11.7 Å². The minimum Gasteiger partial charge on any atom is -0.380 e. The zero-order valence-corrected chi connectivity index (χ0v) is 14.4. The molecule has 0 aromatic rings. The molecule has 1 amide bonds. The van der Waals surface area contributed by atoms with Crippen molar-refractivity contribution in [1.29, 1.82) is 0 Å². The van der Waals surface area contributed by atoms with E-state index in [1.54, 1.807) is 0 Å². The summed E-state index contributed by atoms with van der Waals surface area (Å²) in [6.07, 6.45) is 1.07. The molecule has 124 valence electrons. The fourth-order valence-electron chi connectivity index (χ4n) is 1.43. The minimum atomic E-state index is -0.210. The average Bonchev–Trinajstić information content (AvgIpc) is 2.35. The molecular weight excluding hydrogens is 270 g/mol. The van der Waals surface area contributed by atoms with Crippen LogP contribution < -0.4 is 5.32 Å². The van der Waals surface area contributed by atoms with Gasteiger partial charge < -0.3 is 14.8 Å². The van der Waals surface area contributed by atoms with Crippen LogP contribution in [0.2, 0.25) is 0 Å². The third kappa shape index (κ3) is 11.4. The van der Waals surface area contributed by atoms with Crippen LogP contribution in [0.25, 0.3) is 0 Å².